The molecule has 0 saturated heterocycles. The second-order valence-corrected chi connectivity index (χ2v) is 20.3. The van der Waals surface area contributed by atoms with Crippen molar-refractivity contribution >= 4 is 19.8 Å². The number of carbonyl (C=O) groups excluding carboxylic acids is 2. The van der Waals surface area contributed by atoms with Crippen molar-refractivity contribution in [2.75, 3.05) is 47.5 Å². The van der Waals surface area contributed by atoms with E-state index in [9.17, 15) is 19.0 Å². The van der Waals surface area contributed by atoms with Crippen molar-refractivity contribution in [2.24, 2.45) is 0 Å². The van der Waals surface area contributed by atoms with Crippen molar-refractivity contribution in [1.29, 1.82) is 0 Å². The number of hydrogen-bond acceptors (Lipinski definition) is 7. The van der Waals surface area contributed by atoms with Gasteiger partial charge in [0.1, 0.15) is 19.8 Å². The maximum absolute atomic E-state index is 12.8. The summed E-state index contributed by atoms with van der Waals surface area (Å²) in [5.41, 5.74) is 0. The molecule has 0 bridgehead atoms. The number of quaternary nitrogens is 1. The summed E-state index contributed by atoms with van der Waals surface area (Å²) in [6.45, 7) is 4.27. The monoisotopic (exact) mass is 959 g/mol. The van der Waals surface area contributed by atoms with Gasteiger partial charge in [-0.2, -0.15) is 0 Å². The Labute approximate surface area is 411 Å². The molecule has 0 aromatic rings. The Hall–Kier alpha value is -2.81. The number of nitrogens with zero attached hydrogens (tertiary/aromatic N) is 1. The number of esters is 2. The third kappa shape index (κ3) is 52.4. The molecule has 0 rings (SSSR count). The Bertz CT molecular complexity index is 1410. The average molecular weight is 959 g/mol. The zero-order chi connectivity index (χ0) is 49.2. The van der Waals surface area contributed by atoms with E-state index in [1.54, 1.807) is 0 Å². The van der Waals surface area contributed by atoms with E-state index in [0.29, 0.717) is 17.4 Å². The van der Waals surface area contributed by atoms with Gasteiger partial charge >= 0.3 is 19.8 Å². The fourth-order valence-corrected chi connectivity index (χ4v) is 7.75. The number of likely N-dealkylation sites (N-methyl/N-ethyl adjacent to an activating group) is 1. The van der Waals surface area contributed by atoms with Crippen LogP contribution in [0.1, 0.15) is 213 Å². The summed E-state index contributed by atoms with van der Waals surface area (Å²) in [6.07, 6.45) is 63.6. The van der Waals surface area contributed by atoms with Gasteiger partial charge in [-0.3, -0.25) is 18.6 Å². The number of unbranched alkanes of at least 4 members (excludes halogenated alkanes) is 20. The lowest BCUT2D eigenvalue weighted by atomic mass is 10.0. The van der Waals surface area contributed by atoms with Gasteiger partial charge in [-0.1, -0.05) is 195 Å². The first-order valence-corrected chi connectivity index (χ1v) is 28.3. The van der Waals surface area contributed by atoms with E-state index < -0.39 is 26.5 Å². The van der Waals surface area contributed by atoms with Gasteiger partial charge < -0.3 is 18.9 Å². The molecule has 9 nitrogen and oxygen atoms in total. The normalized spacial score (nSPS) is 14.1. The molecular weight excluding hydrogens is 858 g/mol. The lowest BCUT2D eigenvalue weighted by Crippen LogP contribution is -2.37. The quantitative estimate of drug-likeness (QED) is 0.0211. The van der Waals surface area contributed by atoms with Crippen molar-refractivity contribution in [3.05, 3.63) is 85.1 Å². The van der Waals surface area contributed by atoms with Crippen LogP contribution in [-0.2, 0) is 32.7 Å². The lowest BCUT2D eigenvalue weighted by molar-refractivity contribution is -0.870. The Morgan fingerprint density at radius 3 is 1.28 bits per heavy atom. The zero-order valence-corrected chi connectivity index (χ0v) is 44.5. The predicted octanol–water partition coefficient (Wildman–Crippen LogP) is 16.3. The van der Waals surface area contributed by atoms with E-state index in [0.717, 1.165) is 96.3 Å². The first-order valence-electron chi connectivity index (χ1n) is 26.8. The zero-order valence-electron chi connectivity index (χ0n) is 43.6. The van der Waals surface area contributed by atoms with Gasteiger partial charge in [0.25, 0.3) is 0 Å². The lowest BCUT2D eigenvalue weighted by Gasteiger charge is -2.24. The third-order valence-electron chi connectivity index (χ3n) is 11.2. The van der Waals surface area contributed by atoms with Crippen LogP contribution < -0.4 is 0 Å². The Morgan fingerprint density at radius 1 is 0.478 bits per heavy atom. The van der Waals surface area contributed by atoms with E-state index in [4.69, 9.17) is 18.5 Å². The fraction of sp³-hybridized carbons (Fsp3) is 0.719. The number of allylic oxidation sites excluding steroid dienone is 14. The molecule has 2 unspecified atom stereocenters. The molecule has 67 heavy (non-hydrogen) atoms. The smallest absolute Gasteiger partial charge is 0.462 e. The molecule has 0 radical (unpaired) electrons. The van der Waals surface area contributed by atoms with Gasteiger partial charge in [-0.15, -0.1) is 0 Å². The van der Waals surface area contributed by atoms with E-state index in [2.05, 4.69) is 98.9 Å². The molecule has 2 atom stereocenters. The van der Waals surface area contributed by atoms with Crippen molar-refractivity contribution in [3.63, 3.8) is 0 Å². The van der Waals surface area contributed by atoms with Crippen LogP contribution in [-0.4, -0.2) is 74.9 Å². The van der Waals surface area contributed by atoms with Gasteiger partial charge in [-0.05, 0) is 89.9 Å². The molecule has 0 fully saturated rings. The maximum atomic E-state index is 12.8. The largest absolute Gasteiger partial charge is 0.472 e. The van der Waals surface area contributed by atoms with Gasteiger partial charge in [0.2, 0.25) is 0 Å². The Kier molecular flexibility index (Phi) is 46.2. The van der Waals surface area contributed by atoms with E-state index >= 15 is 0 Å². The second kappa shape index (κ2) is 48.2. The van der Waals surface area contributed by atoms with Crippen molar-refractivity contribution in [3.8, 4) is 0 Å². The highest BCUT2D eigenvalue weighted by atomic mass is 31.2. The van der Waals surface area contributed by atoms with E-state index in [1.807, 2.05) is 21.1 Å². The maximum Gasteiger partial charge on any atom is 0.472 e. The topological polar surface area (TPSA) is 108 Å². The standard InChI is InChI=1S/C57H100NO8P/c1-6-8-10-12-14-16-18-20-21-22-23-24-25-26-27-28-29-30-31-32-33-34-35-36-37-38-40-42-44-46-48-50-57(60)66-55(54-65-67(61,62)64-52-51-58(3,4)5)53-63-56(59)49-47-45-43-41-39-19-17-15-13-11-9-7-2/h8,10,14-17,20-21,23-24,26-27,29-30,55H,6-7,9,11-13,18-19,22,25,28,31-54H2,1-5H3/p+1/b10-8-,16-14-,17-15-,21-20-,24-23-,27-26-,30-29-. The summed E-state index contributed by atoms with van der Waals surface area (Å²) < 4.78 is 34.4. The molecule has 0 saturated carbocycles. The molecule has 10 heteroatoms. The summed E-state index contributed by atoms with van der Waals surface area (Å²) in [5.74, 6) is -0.813. The first-order chi connectivity index (χ1) is 32.5. The molecule has 0 spiro atoms. The number of phosphoric ester groups is 1. The van der Waals surface area contributed by atoms with Gasteiger partial charge in [-0.25, -0.2) is 4.57 Å². The number of carbonyl (C=O) groups is 2. The minimum absolute atomic E-state index is 0.0271. The molecule has 0 aliphatic carbocycles. The minimum Gasteiger partial charge on any atom is -0.462 e. The molecule has 0 aromatic heterocycles. The van der Waals surface area contributed by atoms with Crippen LogP contribution in [0.5, 0.6) is 0 Å². The Balaban J connectivity index is 4.13. The summed E-state index contributed by atoms with van der Waals surface area (Å²) in [6, 6.07) is 0. The minimum atomic E-state index is -4.38. The number of rotatable bonds is 48. The number of hydrogen-bond donors (Lipinski definition) is 1. The number of phosphoric acid groups is 1. The highest BCUT2D eigenvalue weighted by Crippen LogP contribution is 2.43. The molecule has 0 heterocycles. The van der Waals surface area contributed by atoms with Crippen molar-refractivity contribution < 1.29 is 42.1 Å². The van der Waals surface area contributed by atoms with Gasteiger partial charge in [0.15, 0.2) is 6.10 Å². The highest BCUT2D eigenvalue weighted by Gasteiger charge is 2.27. The van der Waals surface area contributed by atoms with Crippen LogP contribution in [0, 0.1) is 0 Å². The van der Waals surface area contributed by atoms with Crippen LogP contribution in [0.3, 0.4) is 0 Å². The summed E-state index contributed by atoms with van der Waals surface area (Å²) >= 11 is 0. The van der Waals surface area contributed by atoms with Crippen molar-refractivity contribution in [1.82, 2.24) is 0 Å². The molecular formula is C57H101NO8P+. The summed E-state index contributed by atoms with van der Waals surface area (Å²) in [5, 5.41) is 0. The van der Waals surface area contributed by atoms with E-state index in [-0.39, 0.29) is 32.0 Å². The first kappa shape index (κ1) is 64.2. The third-order valence-corrected chi connectivity index (χ3v) is 12.1. The van der Waals surface area contributed by atoms with Crippen LogP contribution in [0.25, 0.3) is 0 Å². The van der Waals surface area contributed by atoms with Crippen LogP contribution >= 0.6 is 7.82 Å². The molecule has 386 valence electrons. The summed E-state index contributed by atoms with van der Waals surface area (Å²) in [7, 11) is 1.46. The van der Waals surface area contributed by atoms with Crippen LogP contribution in [0.15, 0.2) is 85.1 Å². The molecule has 0 aliphatic heterocycles. The molecule has 0 aromatic carbocycles. The van der Waals surface area contributed by atoms with Gasteiger partial charge in [0.05, 0.1) is 27.7 Å². The predicted molar refractivity (Wildman–Crippen MR) is 284 cm³/mol. The number of ether oxygens (including phenoxy) is 2. The van der Waals surface area contributed by atoms with Crippen LogP contribution in [0.4, 0.5) is 0 Å². The molecule has 0 amide bonds. The Morgan fingerprint density at radius 2 is 0.851 bits per heavy atom. The fourth-order valence-electron chi connectivity index (χ4n) is 7.01. The highest BCUT2D eigenvalue weighted by molar-refractivity contribution is 7.47. The average Bonchev–Trinajstić information content (AvgIpc) is 3.29. The molecule has 0 aliphatic rings. The summed E-state index contributed by atoms with van der Waals surface area (Å²) in [4.78, 5) is 35.5. The van der Waals surface area contributed by atoms with Crippen LogP contribution in [0.2, 0.25) is 0 Å². The molecule has 1 N–H and O–H groups in total. The SMILES string of the molecule is CC/C=C\C/C=C\C/C=C\C/C=C\C/C=C\C/C=C\CCCCCCCCCCCCCCC(=O)OC(COC(=O)CCCCCCC/C=C\CCCCC)COP(=O)(O)OCC[N+](C)(C)C. The second-order valence-electron chi connectivity index (χ2n) is 18.9. The van der Waals surface area contributed by atoms with Gasteiger partial charge in [0, 0.05) is 12.8 Å². The van der Waals surface area contributed by atoms with E-state index in [1.165, 1.54) is 83.5 Å². The van der Waals surface area contributed by atoms with Crippen molar-refractivity contribution in [2.45, 2.75) is 219 Å².